The van der Waals surface area contributed by atoms with Gasteiger partial charge in [0.25, 0.3) is 0 Å². The Morgan fingerprint density at radius 3 is 2.60 bits per heavy atom. The van der Waals surface area contributed by atoms with Crippen LogP contribution in [0.1, 0.15) is 5.56 Å². The van der Waals surface area contributed by atoms with Crippen molar-refractivity contribution in [3.8, 4) is 6.07 Å². The molecule has 0 aliphatic carbocycles. The molecule has 0 fully saturated rings. The van der Waals surface area contributed by atoms with E-state index in [0.29, 0.717) is 31.5 Å². The number of halogens is 3. The summed E-state index contributed by atoms with van der Waals surface area (Å²) < 4.78 is 0. The Balaban J connectivity index is 2.94. The minimum atomic E-state index is 0.299. The van der Waals surface area contributed by atoms with Crippen LogP contribution in [0.4, 0.5) is 0 Å². The Morgan fingerprint density at radius 2 is 1.93 bits per heavy atom. The Morgan fingerprint density at radius 1 is 1.20 bits per heavy atom. The summed E-state index contributed by atoms with van der Waals surface area (Å²) in [6, 6.07) is 5.16. The molecule has 0 amide bonds. The zero-order valence-electron chi connectivity index (χ0n) is 7.26. The zero-order valence-corrected chi connectivity index (χ0v) is 9.53. The van der Waals surface area contributed by atoms with Crippen molar-refractivity contribution in [2.75, 3.05) is 0 Å². The van der Waals surface area contributed by atoms with E-state index in [9.17, 15) is 0 Å². The SMILES string of the molecule is N#Cc1cnc2cc(Cl)cc(Cl)c2c1Cl. The molecular formula is C10H3Cl3N2. The first-order chi connectivity index (χ1) is 7.13. The lowest BCUT2D eigenvalue weighted by molar-refractivity contribution is 1.37. The van der Waals surface area contributed by atoms with E-state index in [2.05, 4.69) is 4.98 Å². The van der Waals surface area contributed by atoms with Crippen LogP contribution in [0.15, 0.2) is 18.3 Å². The summed E-state index contributed by atoms with van der Waals surface area (Å²) in [4.78, 5) is 4.06. The Labute approximate surface area is 101 Å². The molecule has 5 heteroatoms. The van der Waals surface area contributed by atoms with Gasteiger partial charge in [0.05, 0.1) is 21.1 Å². The predicted molar refractivity (Wildman–Crippen MR) is 61.5 cm³/mol. The number of hydrogen-bond donors (Lipinski definition) is 0. The van der Waals surface area contributed by atoms with E-state index in [1.807, 2.05) is 6.07 Å². The topological polar surface area (TPSA) is 36.7 Å². The summed E-state index contributed by atoms with van der Waals surface area (Å²) >= 11 is 17.8. The molecule has 1 heterocycles. The van der Waals surface area contributed by atoms with Gasteiger partial charge in [-0.1, -0.05) is 34.8 Å². The number of nitriles is 1. The number of benzene rings is 1. The van der Waals surface area contributed by atoms with E-state index >= 15 is 0 Å². The van der Waals surface area contributed by atoms with Crippen LogP contribution in [0.5, 0.6) is 0 Å². The lowest BCUT2D eigenvalue weighted by Gasteiger charge is -2.04. The molecular weight excluding hydrogens is 254 g/mol. The Bertz CT molecular complexity index is 587. The molecule has 1 aromatic carbocycles. The van der Waals surface area contributed by atoms with E-state index in [4.69, 9.17) is 40.1 Å². The summed E-state index contributed by atoms with van der Waals surface area (Å²) in [5.41, 5.74) is 0.880. The quantitative estimate of drug-likeness (QED) is 0.713. The highest BCUT2D eigenvalue weighted by Gasteiger charge is 2.10. The highest BCUT2D eigenvalue weighted by Crippen LogP contribution is 2.33. The molecule has 74 valence electrons. The van der Waals surface area contributed by atoms with Crippen molar-refractivity contribution in [1.29, 1.82) is 5.26 Å². The van der Waals surface area contributed by atoms with Crippen molar-refractivity contribution in [3.63, 3.8) is 0 Å². The second-order valence-electron chi connectivity index (χ2n) is 2.88. The molecule has 0 atom stereocenters. The molecule has 15 heavy (non-hydrogen) atoms. The normalized spacial score (nSPS) is 10.3. The highest BCUT2D eigenvalue weighted by atomic mass is 35.5. The largest absolute Gasteiger partial charge is 0.255 e. The second kappa shape index (κ2) is 3.86. The van der Waals surface area contributed by atoms with E-state index in [-0.39, 0.29) is 0 Å². The maximum Gasteiger partial charge on any atom is 0.102 e. The highest BCUT2D eigenvalue weighted by molar-refractivity contribution is 6.44. The summed E-state index contributed by atoms with van der Waals surface area (Å²) in [5.74, 6) is 0. The van der Waals surface area contributed by atoms with Crippen LogP contribution in [-0.2, 0) is 0 Å². The van der Waals surface area contributed by atoms with Crippen LogP contribution in [0.2, 0.25) is 15.1 Å². The van der Waals surface area contributed by atoms with Crippen LogP contribution in [0.3, 0.4) is 0 Å². The Kier molecular flexibility index (Phi) is 2.70. The van der Waals surface area contributed by atoms with Gasteiger partial charge in [-0.05, 0) is 12.1 Å². The summed E-state index contributed by atoms with van der Waals surface area (Å²) in [6.07, 6.45) is 1.40. The lowest BCUT2D eigenvalue weighted by Crippen LogP contribution is -1.86. The first kappa shape index (κ1) is 10.5. The average Bonchev–Trinajstić information content (AvgIpc) is 2.17. The molecule has 0 spiro atoms. The third kappa shape index (κ3) is 1.74. The van der Waals surface area contributed by atoms with Gasteiger partial charge >= 0.3 is 0 Å². The third-order valence-corrected chi connectivity index (χ3v) is 2.85. The number of rotatable bonds is 0. The van der Waals surface area contributed by atoms with Gasteiger partial charge in [0, 0.05) is 16.6 Å². The molecule has 2 rings (SSSR count). The van der Waals surface area contributed by atoms with Crippen molar-refractivity contribution < 1.29 is 0 Å². The molecule has 0 saturated heterocycles. The van der Waals surface area contributed by atoms with E-state index in [1.165, 1.54) is 6.20 Å². The molecule has 0 N–H and O–H groups in total. The van der Waals surface area contributed by atoms with Gasteiger partial charge in [0.2, 0.25) is 0 Å². The standard InChI is InChI=1S/C10H3Cl3N2/c11-6-1-7(12)9-8(2-6)15-4-5(3-14)10(9)13/h1-2,4H. The fraction of sp³-hybridized carbons (Fsp3) is 0. The zero-order chi connectivity index (χ0) is 11.0. The molecule has 0 bridgehead atoms. The molecule has 0 aliphatic heterocycles. The number of nitrogens with zero attached hydrogens (tertiary/aromatic N) is 2. The minimum absolute atomic E-state index is 0.299. The lowest BCUT2D eigenvalue weighted by atomic mass is 10.1. The van der Waals surface area contributed by atoms with E-state index in [0.717, 1.165) is 0 Å². The van der Waals surface area contributed by atoms with E-state index < -0.39 is 0 Å². The molecule has 0 unspecified atom stereocenters. The molecule has 0 saturated carbocycles. The monoisotopic (exact) mass is 256 g/mol. The van der Waals surface area contributed by atoms with Gasteiger partial charge in [0.15, 0.2) is 0 Å². The van der Waals surface area contributed by atoms with Crippen LogP contribution in [-0.4, -0.2) is 4.98 Å². The minimum Gasteiger partial charge on any atom is -0.255 e. The van der Waals surface area contributed by atoms with Gasteiger partial charge in [-0.25, -0.2) is 0 Å². The molecule has 2 aromatic rings. The molecule has 0 aliphatic rings. The third-order valence-electron chi connectivity index (χ3n) is 1.94. The first-order valence-corrected chi connectivity index (χ1v) is 5.10. The molecule has 0 radical (unpaired) electrons. The fourth-order valence-corrected chi connectivity index (χ4v) is 2.20. The summed E-state index contributed by atoms with van der Waals surface area (Å²) in [7, 11) is 0. The number of hydrogen-bond acceptors (Lipinski definition) is 2. The van der Waals surface area contributed by atoms with Gasteiger partial charge in [-0.15, -0.1) is 0 Å². The number of fused-ring (bicyclic) bond motifs is 1. The predicted octanol–water partition coefficient (Wildman–Crippen LogP) is 4.07. The van der Waals surface area contributed by atoms with Crippen molar-refractivity contribution in [3.05, 3.63) is 39.0 Å². The van der Waals surface area contributed by atoms with Crippen LogP contribution >= 0.6 is 34.8 Å². The van der Waals surface area contributed by atoms with Crippen molar-refractivity contribution in [2.24, 2.45) is 0 Å². The summed E-state index contributed by atoms with van der Waals surface area (Å²) in [6.45, 7) is 0. The maximum absolute atomic E-state index is 8.78. The smallest absolute Gasteiger partial charge is 0.102 e. The molecule has 1 aromatic heterocycles. The first-order valence-electron chi connectivity index (χ1n) is 3.97. The Hall–Kier alpha value is -1.01. The maximum atomic E-state index is 8.78. The van der Waals surface area contributed by atoms with Crippen LogP contribution in [0, 0.1) is 11.3 Å². The van der Waals surface area contributed by atoms with Gasteiger partial charge in [0.1, 0.15) is 6.07 Å². The van der Waals surface area contributed by atoms with Crippen molar-refractivity contribution in [1.82, 2.24) is 4.98 Å². The second-order valence-corrected chi connectivity index (χ2v) is 4.10. The van der Waals surface area contributed by atoms with Gasteiger partial charge in [-0.2, -0.15) is 5.26 Å². The fourth-order valence-electron chi connectivity index (χ4n) is 1.28. The van der Waals surface area contributed by atoms with Crippen LogP contribution in [0.25, 0.3) is 10.9 Å². The van der Waals surface area contributed by atoms with Crippen molar-refractivity contribution in [2.45, 2.75) is 0 Å². The van der Waals surface area contributed by atoms with Gasteiger partial charge in [-0.3, -0.25) is 4.98 Å². The number of pyridine rings is 1. The molecule has 2 nitrogen and oxygen atoms in total. The van der Waals surface area contributed by atoms with Crippen LogP contribution < -0.4 is 0 Å². The summed E-state index contributed by atoms with van der Waals surface area (Å²) in [5, 5.41) is 10.5. The van der Waals surface area contributed by atoms with E-state index in [1.54, 1.807) is 12.1 Å². The van der Waals surface area contributed by atoms with Crippen molar-refractivity contribution >= 4 is 45.7 Å². The average molecular weight is 258 g/mol. The number of aromatic nitrogens is 1. The van der Waals surface area contributed by atoms with Gasteiger partial charge < -0.3 is 0 Å².